The first-order chi connectivity index (χ1) is 9.85. The summed E-state index contributed by atoms with van der Waals surface area (Å²) in [6.45, 7) is 7.75. The van der Waals surface area contributed by atoms with Gasteiger partial charge in [0, 0.05) is 13.0 Å². The predicted octanol–water partition coefficient (Wildman–Crippen LogP) is 0.816. The molecule has 0 aliphatic heterocycles. The number of nitrogens with one attached hydrogen (secondary N) is 3. The first kappa shape index (κ1) is 19.4. The maximum atomic E-state index is 11.9. The van der Waals surface area contributed by atoms with Crippen molar-refractivity contribution in [1.29, 1.82) is 0 Å². The fourth-order valence-electron chi connectivity index (χ4n) is 2.09. The van der Waals surface area contributed by atoms with Gasteiger partial charge in [-0.2, -0.15) is 0 Å². The lowest BCUT2D eigenvalue weighted by Gasteiger charge is -2.19. The van der Waals surface area contributed by atoms with Crippen molar-refractivity contribution < 1.29 is 14.4 Å². The summed E-state index contributed by atoms with van der Waals surface area (Å²) in [5.74, 6) is -0.461. The van der Waals surface area contributed by atoms with Gasteiger partial charge in [-0.15, -0.1) is 0 Å². The van der Waals surface area contributed by atoms with E-state index < -0.39 is 6.04 Å². The summed E-state index contributed by atoms with van der Waals surface area (Å²) in [7, 11) is 1.54. The molecule has 1 atom stereocenters. The highest BCUT2D eigenvalue weighted by atomic mass is 16.2. The molecule has 1 unspecified atom stereocenters. The summed E-state index contributed by atoms with van der Waals surface area (Å²) in [5.41, 5.74) is 0. The zero-order valence-electron chi connectivity index (χ0n) is 13.8. The Morgan fingerprint density at radius 2 is 1.57 bits per heavy atom. The maximum absolute atomic E-state index is 11.9. The Balaban J connectivity index is 4.38. The van der Waals surface area contributed by atoms with E-state index in [1.807, 2.05) is 27.7 Å². The van der Waals surface area contributed by atoms with E-state index in [0.717, 1.165) is 12.8 Å². The van der Waals surface area contributed by atoms with Crippen LogP contribution >= 0.6 is 0 Å². The van der Waals surface area contributed by atoms with Crippen LogP contribution in [0.2, 0.25) is 0 Å². The van der Waals surface area contributed by atoms with Crippen LogP contribution in [0.25, 0.3) is 0 Å². The van der Waals surface area contributed by atoms with Gasteiger partial charge in [-0.05, 0) is 25.2 Å². The maximum Gasteiger partial charge on any atom is 0.242 e. The lowest BCUT2D eigenvalue weighted by molar-refractivity contribution is -0.130. The molecule has 6 heteroatoms. The Morgan fingerprint density at radius 3 is 2.00 bits per heavy atom. The van der Waals surface area contributed by atoms with Gasteiger partial charge in [0.05, 0.1) is 6.54 Å². The van der Waals surface area contributed by atoms with Crippen molar-refractivity contribution in [3.63, 3.8) is 0 Å². The molecule has 6 nitrogen and oxygen atoms in total. The van der Waals surface area contributed by atoms with Crippen LogP contribution in [0, 0.1) is 11.8 Å². The molecule has 0 fully saturated rings. The summed E-state index contributed by atoms with van der Waals surface area (Å²) < 4.78 is 0. The number of rotatable bonds is 9. The molecule has 0 radical (unpaired) electrons. The number of likely N-dealkylation sites (N-methyl/N-ethyl adjacent to an activating group) is 1. The molecule has 0 heterocycles. The van der Waals surface area contributed by atoms with E-state index in [1.165, 1.54) is 7.05 Å². The smallest absolute Gasteiger partial charge is 0.242 e. The number of carbonyl (C=O) groups is 3. The zero-order chi connectivity index (χ0) is 16.4. The average Bonchev–Trinajstić information content (AvgIpc) is 2.44. The van der Waals surface area contributed by atoms with Crippen LogP contribution in [0.4, 0.5) is 0 Å². The minimum absolute atomic E-state index is 0.0665. The highest BCUT2D eigenvalue weighted by molar-refractivity contribution is 5.90. The lowest BCUT2D eigenvalue weighted by Crippen LogP contribution is -2.49. The number of hydrogen-bond acceptors (Lipinski definition) is 3. The minimum Gasteiger partial charge on any atom is -0.357 e. The van der Waals surface area contributed by atoms with Gasteiger partial charge in [0.15, 0.2) is 0 Å². The first-order valence-electron chi connectivity index (χ1n) is 7.64. The normalized spacial score (nSPS) is 12.1. The van der Waals surface area contributed by atoms with E-state index >= 15 is 0 Å². The van der Waals surface area contributed by atoms with Gasteiger partial charge in [0.25, 0.3) is 0 Å². The molecule has 0 spiro atoms. The molecule has 3 N–H and O–H groups in total. The lowest BCUT2D eigenvalue weighted by atomic mass is 10.0. The van der Waals surface area contributed by atoms with Crippen molar-refractivity contribution in [2.75, 3.05) is 13.6 Å². The van der Waals surface area contributed by atoms with E-state index in [2.05, 4.69) is 16.0 Å². The van der Waals surface area contributed by atoms with E-state index in [0.29, 0.717) is 6.42 Å². The van der Waals surface area contributed by atoms with Crippen LogP contribution in [0.3, 0.4) is 0 Å². The van der Waals surface area contributed by atoms with Crippen LogP contribution in [0.5, 0.6) is 0 Å². The van der Waals surface area contributed by atoms with E-state index in [-0.39, 0.29) is 36.1 Å². The van der Waals surface area contributed by atoms with Gasteiger partial charge in [-0.3, -0.25) is 14.4 Å². The minimum atomic E-state index is -0.562. The zero-order valence-corrected chi connectivity index (χ0v) is 13.8. The van der Waals surface area contributed by atoms with Gasteiger partial charge in [-0.1, -0.05) is 27.7 Å². The number of carbonyl (C=O) groups excluding carboxylic acids is 3. The highest BCUT2D eigenvalue weighted by Gasteiger charge is 2.21. The van der Waals surface area contributed by atoms with Crippen molar-refractivity contribution in [3.05, 3.63) is 0 Å². The molecule has 122 valence electrons. The van der Waals surface area contributed by atoms with Crippen molar-refractivity contribution in [2.45, 2.75) is 53.0 Å². The molecule has 0 aromatic carbocycles. The number of hydrogen-bond donors (Lipinski definition) is 3. The van der Waals surface area contributed by atoms with Gasteiger partial charge in [0.2, 0.25) is 17.7 Å². The van der Waals surface area contributed by atoms with E-state index in [4.69, 9.17) is 0 Å². The quantitative estimate of drug-likeness (QED) is 0.589. The first-order valence-corrected chi connectivity index (χ1v) is 7.64. The molecule has 0 aliphatic rings. The van der Waals surface area contributed by atoms with Crippen molar-refractivity contribution in [2.24, 2.45) is 11.8 Å². The Hall–Kier alpha value is -1.59. The molecule has 3 amide bonds. The van der Waals surface area contributed by atoms with Gasteiger partial charge in [0.1, 0.15) is 6.04 Å². The third kappa shape index (κ3) is 7.68. The average molecular weight is 299 g/mol. The molecule has 21 heavy (non-hydrogen) atoms. The molecule has 0 aliphatic carbocycles. The molecule has 0 aromatic rings. The van der Waals surface area contributed by atoms with Crippen LogP contribution in [0.15, 0.2) is 0 Å². The summed E-state index contributed by atoms with van der Waals surface area (Å²) in [6, 6.07) is -0.562. The third-order valence-corrected chi connectivity index (χ3v) is 3.38. The van der Waals surface area contributed by atoms with Crippen molar-refractivity contribution in [1.82, 2.24) is 16.0 Å². The second-order valence-electron chi connectivity index (χ2n) is 5.60. The predicted molar refractivity (Wildman–Crippen MR) is 82.5 cm³/mol. The summed E-state index contributed by atoms with van der Waals surface area (Å²) >= 11 is 0. The standard InChI is InChI=1S/C15H29N3O3/c1-6-11(7-2)14(20)17-9-13(19)18-12(8-10(3)4)15(21)16-5/h10-12H,6-9H2,1-5H3,(H,16,21)(H,17,20)(H,18,19). The second kappa shape index (κ2) is 10.2. The Labute approximate surface area is 127 Å². The monoisotopic (exact) mass is 299 g/mol. The van der Waals surface area contributed by atoms with E-state index in [9.17, 15) is 14.4 Å². The topological polar surface area (TPSA) is 87.3 Å². The van der Waals surface area contributed by atoms with Crippen LogP contribution in [0.1, 0.15) is 47.0 Å². The van der Waals surface area contributed by atoms with E-state index in [1.54, 1.807) is 0 Å². The van der Waals surface area contributed by atoms with Crippen LogP contribution in [-0.2, 0) is 14.4 Å². The molecular weight excluding hydrogens is 270 g/mol. The number of amides is 3. The SMILES string of the molecule is CCC(CC)C(=O)NCC(=O)NC(CC(C)C)C(=O)NC. The van der Waals surface area contributed by atoms with Gasteiger partial charge < -0.3 is 16.0 Å². The fourth-order valence-corrected chi connectivity index (χ4v) is 2.09. The van der Waals surface area contributed by atoms with Crippen LogP contribution in [-0.4, -0.2) is 37.4 Å². The molecule has 0 saturated heterocycles. The molecule has 0 saturated carbocycles. The Kier molecular flexibility index (Phi) is 9.41. The molecular formula is C15H29N3O3. The highest BCUT2D eigenvalue weighted by Crippen LogP contribution is 2.07. The fraction of sp³-hybridized carbons (Fsp3) is 0.800. The summed E-state index contributed by atoms with van der Waals surface area (Å²) in [6.07, 6.45) is 2.06. The van der Waals surface area contributed by atoms with Crippen molar-refractivity contribution >= 4 is 17.7 Å². The summed E-state index contributed by atoms with van der Waals surface area (Å²) in [5, 5.41) is 7.82. The second-order valence-corrected chi connectivity index (χ2v) is 5.60. The third-order valence-electron chi connectivity index (χ3n) is 3.38. The Bertz CT molecular complexity index is 352. The molecule has 0 rings (SSSR count). The largest absolute Gasteiger partial charge is 0.357 e. The van der Waals surface area contributed by atoms with Gasteiger partial charge >= 0.3 is 0 Å². The molecule has 0 aromatic heterocycles. The van der Waals surface area contributed by atoms with Crippen LogP contribution < -0.4 is 16.0 Å². The van der Waals surface area contributed by atoms with Gasteiger partial charge in [-0.25, -0.2) is 0 Å². The Morgan fingerprint density at radius 1 is 1.00 bits per heavy atom. The van der Waals surface area contributed by atoms with Crippen molar-refractivity contribution in [3.8, 4) is 0 Å². The summed E-state index contributed by atoms with van der Waals surface area (Å²) in [4.78, 5) is 35.4. The molecule has 0 bridgehead atoms.